The first-order valence-electron chi connectivity index (χ1n) is 5.62. The minimum Gasteiger partial charge on any atom is -0.305 e. The topological polar surface area (TPSA) is 6.48 Å². The third-order valence-electron chi connectivity index (χ3n) is 2.66. The van der Waals surface area contributed by atoms with Crippen molar-refractivity contribution in [2.75, 3.05) is 33.7 Å². The summed E-state index contributed by atoms with van der Waals surface area (Å²) in [6.07, 6.45) is 2.75. The first kappa shape index (κ1) is 12.9. The highest BCUT2D eigenvalue weighted by Gasteiger charge is 2.19. The fourth-order valence-electron chi connectivity index (χ4n) is 1.74. The van der Waals surface area contributed by atoms with Gasteiger partial charge in [-0.2, -0.15) is 0 Å². The molecule has 1 heterocycles. The van der Waals surface area contributed by atoms with Crippen LogP contribution in [0.15, 0.2) is 0 Å². The summed E-state index contributed by atoms with van der Waals surface area (Å²) in [5.74, 6) is 0. The highest BCUT2D eigenvalue weighted by atomic mass is 15.2. The molecule has 0 aromatic rings. The molecule has 0 N–H and O–H groups in total. The molecule has 1 fully saturated rings. The summed E-state index contributed by atoms with van der Waals surface area (Å²) < 4.78 is 0. The van der Waals surface area contributed by atoms with Gasteiger partial charge < -0.3 is 9.80 Å². The van der Waals surface area contributed by atoms with Crippen LogP contribution in [0.5, 0.6) is 0 Å². The minimum absolute atomic E-state index is 0.795. The lowest BCUT2D eigenvalue weighted by Crippen LogP contribution is -2.44. The first-order chi connectivity index (χ1) is 6.24. The maximum atomic E-state index is 2.54. The van der Waals surface area contributed by atoms with Crippen molar-refractivity contribution < 1.29 is 0 Å². The Labute approximate surface area is 83.9 Å². The molecule has 0 aliphatic carbocycles. The van der Waals surface area contributed by atoms with Gasteiger partial charge in [-0.15, -0.1) is 0 Å². The van der Waals surface area contributed by atoms with Gasteiger partial charge in [0.05, 0.1) is 0 Å². The van der Waals surface area contributed by atoms with Crippen molar-refractivity contribution in [3.8, 4) is 0 Å². The fraction of sp³-hybridized carbons (Fsp3) is 1.00. The summed E-state index contributed by atoms with van der Waals surface area (Å²) in [7, 11) is 4.37. The Morgan fingerprint density at radius 1 is 1.31 bits per heavy atom. The molecule has 2 heteroatoms. The number of nitrogens with zero attached hydrogens (tertiary/aromatic N) is 2. The van der Waals surface area contributed by atoms with Crippen molar-refractivity contribution in [1.29, 1.82) is 0 Å². The molecule has 0 spiro atoms. The van der Waals surface area contributed by atoms with E-state index in [0.29, 0.717) is 0 Å². The first-order valence-corrected chi connectivity index (χ1v) is 5.62. The van der Waals surface area contributed by atoms with E-state index < -0.39 is 0 Å². The van der Waals surface area contributed by atoms with Crippen LogP contribution >= 0.6 is 0 Å². The second-order valence-corrected chi connectivity index (χ2v) is 3.65. The highest BCUT2D eigenvalue weighted by molar-refractivity contribution is 4.76. The van der Waals surface area contributed by atoms with E-state index in [0.717, 1.165) is 6.04 Å². The smallest absolute Gasteiger partial charge is 0.0217 e. The Balaban J connectivity index is 0.000000671. The monoisotopic (exact) mass is 186 g/mol. The standard InChI is InChI=1S/C9H20N2.C2H6/c1-4-11-7-5-6-9(8-11)10(2)3;1-2/h9H,4-8H2,1-3H3;1-2H3. The molecule has 80 valence electrons. The molecule has 1 aliphatic heterocycles. The molecule has 1 unspecified atom stereocenters. The molecule has 0 aromatic carbocycles. The van der Waals surface area contributed by atoms with Crippen molar-refractivity contribution in [2.45, 2.75) is 39.7 Å². The van der Waals surface area contributed by atoms with Gasteiger partial charge in [0, 0.05) is 12.6 Å². The van der Waals surface area contributed by atoms with Crippen molar-refractivity contribution >= 4 is 0 Å². The van der Waals surface area contributed by atoms with Gasteiger partial charge in [0.2, 0.25) is 0 Å². The Morgan fingerprint density at radius 2 is 1.92 bits per heavy atom. The number of hydrogen-bond donors (Lipinski definition) is 0. The molecular weight excluding hydrogens is 160 g/mol. The lowest BCUT2D eigenvalue weighted by molar-refractivity contribution is 0.138. The third kappa shape index (κ3) is 4.63. The average Bonchev–Trinajstić information content (AvgIpc) is 2.21. The van der Waals surface area contributed by atoms with Crippen LogP contribution in [0.2, 0.25) is 0 Å². The Hall–Kier alpha value is -0.0800. The number of hydrogen-bond acceptors (Lipinski definition) is 2. The summed E-state index contributed by atoms with van der Waals surface area (Å²) in [4.78, 5) is 4.88. The maximum absolute atomic E-state index is 2.54. The van der Waals surface area contributed by atoms with Crippen LogP contribution in [0.3, 0.4) is 0 Å². The number of rotatable bonds is 2. The van der Waals surface area contributed by atoms with E-state index in [4.69, 9.17) is 0 Å². The van der Waals surface area contributed by atoms with Crippen LogP contribution < -0.4 is 0 Å². The minimum atomic E-state index is 0.795. The Morgan fingerprint density at radius 3 is 2.38 bits per heavy atom. The second kappa shape index (κ2) is 7.34. The quantitative estimate of drug-likeness (QED) is 0.651. The van der Waals surface area contributed by atoms with Gasteiger partial charge in [-0.05, 0) is 40.0 Å². The molecule has 0 saturated carbocycles. The maximum Gasteiger partial charge on any atom is 0.0217 e. The van der Waals surface area contributed by atoms with E-state index >= 15 is 0 Å². The molecule has 0 aromatic heterocycles. The molecule has 13 heavy (non-hydrogen) atoms. The number of likely N-dealkylation sites (tertiary alicyclic amines) is 1. The van der Waals surface area contributed by atoms with Gasteiger partial charge in [0.1, 0.15) is 0 Å². The van der Waals surface area contributed by atoms with E-state index in [1.54, 1.807) is 0 Å². The second-order valence-electron chi connectivity index (χ2n) is 3.65. The zero-order valence-corrected chi connectivity index (χ0v) is 10.0. The normalized spacial score (nSPS) is 24.0. The zero-order valence-electron chi connectivity index (χ0n) is 10.0. The van der Waals surface area contributed by atoms with E-state index in [-0.39, 0.29) is 0 Å². The lowest BCUT2D eigenvalue weighted by Gasteiger charge is -2.35. The van der Waals surface area contributed by atoms with E-state index in [1.807, 2.05) is 13.8 Å². The summed E-state index contributed by atoms with van der Waals surface area (Å²) >= 11 is 0. The van der Waals surface area contributed by atoms with Gasteiger partial charge in [-0.25, -0.2) is 0 Å². The predicted molar refractivity (Wildman–Crippen MR) is 60.2 cm³/mol. The van der Waals surface area contributed by atoms with Crippen molar-refractivity contribution in [2.24, 2.45) is 0 Å². The molecule has 0 amide bonds. The highest BCUT2D eigenvalue weighted by Crippen LogP contribution is 2.12. The number of likely N-dealkylation sites (N-methyl/N-ethyl adjacent to an activating group) is 2. The van der Waals surface area contributed by atoms with Gasteiger partial charge in [0.15, 0.2) is 0 Å². The van der Waals surface area contributed by atoms with Crippen LogP contribution in [0.4, 0.5) is 0 Å². The van der Waals surface area contributed by atoms with Crippen molar-refractivity contribution in [3.05, 3.63) is 0 Å². The summed E-state index contributed by atoms with van der Waals surface area (Å²) in [6, 6.07) is 0.795. The Kier molecular flexibility index (Phi) is 7.29. The summed E-state index contributed by atoms with van der Waals surface area (Å²) in [6.45, 7) is 10.0. The van der Waals surface area contributed by atoms with Crippen LogP contribution in [0, 0.1) is 0 Å². The van der Waals surface area contributed by atoms with Crippen LogP contribution in [0.25, 0.3) is 0 Å². The van der Waals surface area contributed by atoms with Gasteiger partial charge in [-0.3, -0.25) is 0 Å². The van der Waals surface area contributed by atoms with Crippen molar-refractivity contribution in [3.63, 3.8) is 0 Å². The molecule has 0 radical (unpaired) electrons. The van der Waals surface area contributed by atoms with Crippen LogP contribution in [-0.4, -0.2) is 49.6 Å². The largest absolute Gasteiger partial charge is 0.305 e. The molecule has 1 rings (SSSR count). The lowest BCUT2D eigenvalue weighted by atomic mass is 10.1. The molecule has 1 saturated heterocycles. The third-order valence-corrected chi connectivity index (χ3v) is 2.66. The molecular formula is C11H26N2. The van der Waals surface area contributed by atoms with E-state index in [2.05, 4.69) is 30.8 Å². The van der Waals surface area contributed by atoms with Gasteiger partial charge in [-0.1, -0.05) is 20.8 Å². The number of piperidine rings is 1. The van der Waals surface area contributed by atoms with Crippen molar-refractivity contribution in [1.82, 2.24) is 9.80 Å². The summed E-state index contributed by atoms with van der Waals surface area (Å²) in [5, 5.41) is 0. The Bertz CT molecular complexity index is 113. The molecule has 1 aliphatic rings. The van der Waals surface area contributed by atoms with Crippen LogP contribution in [-0.2, 0) is 0 Å². The van der Waals surface area contributed by atoms with Gasteiger partial charge in [0.25, 0.3) is 0 Å². The SMILES string of the molecule is CC.CCN1CCCC(N(C)C)C1. The molecule has 0 bridgehead atoms. The molecule has 1 atom stereocenters. The van der Waals surface area contributed by atoms with E-state index in [1.165, 1.54) is 32.5 Å². The zero-order chi connectivity index (χ0) is 10.3. The van der Waals surface area contributed by atoms with Gasteiger partial charge >= 0.3 is 0 Å². The average molecular weight is 186 g/mol. The predicted octanol–water partition coefficient (Wildman–Crippen LogP) is 2.06. The fourth-order valence-corrected chi connectivity index (χ4v) is 1.74. The molecule has 2 nitrogen and oxygen atoms in total. The summed E-state index contributed by atoms with van der Waals surface area (Å²) in [5.41, 5.74) is 0. The van der Waals surface area contributed by atoms with Crippen LogP contribution in [0.1, 0.15) is 33.6 Å². The van der Waals surface area contributed by atoms with E-state index in [9.17, 15) is 0 Å².